The summed E-state index contributed by atoms with van der Waals surface area (Å²) in [5, 5.41) is 1.23. The molecule has 0 aliphatic carbocycles. The van der Waals surface area contributed by atoms with Crippen molar-refractivity contribution in [1.29, 1.82) is 0 Å². The zero-order chi connectivity index (χ0) is 7.40. The summed E-state index contributed by atoms with van der Waals surface area (Å²) < 4.78 is 5.05. The average Bonchev–Trinajstić information content (AvgIpc) is 2.13. The molecule has 0 unspecified atom stereocenters. The van der Waals surface area contributed by atoms with E-state index in [4.69, 9.17) is 9.57 Å². The van der Waals surface area contributed by atoms with Crippen molar-refractivity contribution in [3.8, 4) is 0 Å². The molecule has 1 aliphatic heterocycles. The van der Waals surface area contributed by atoms with E-state index in [-0.39, 0.29) is 12.6 Å². The first-order valence-electron chi connectivity index (χ1n) is 3.27. The van der Waals surface area contributed by atoms with Gasteiger partial charge in [0.1, 0.15) is 6.73 Å². The summed E-state index contributed by atoms with van der Waals surface area (Å²) in [6, 6.07) is 0. The SMILES string of the molecule is CON1COCCCC1=O. The van der Waals surface area contributed by atoms with E-state index in [0.717, 1.165) is 6.42 Å². The van der Waals surface area contributed by atoms with Crippen molar-refractivity contribution < 1.29 is 14.4 Å². The molecule has 58 valence electrons. The monoisotopic (exact) mass is 145 g/mol. The van der Waals surface area contributed by atoms with Gasteiger partial charge in [-0.15, -0.1) is 0 Å². The number of hydrogen-bond acceptors (Lipinski definition) is 3. The summed E-state index contributed by atoms with van der Waals surface area (Å²) in [4.78, 5) is 15.7. The van der Waals surface area contributed by atoms with E-state index in [1.54, 1.807) is 0 Å². The molecule has 1 heterocycles. The van der Waals surface area contributed by atoms with Crippen molar-refractivity contribution in [2.24, 2.45) is 0 Å². The standard InChI is InChI=1S/C6H11NO3/c1-9-7-5-10-4-2-3-6(7)8/h2-5H2,1H3. The lowest BCUT2D eigenvalue weighted by atomic mass is 10.3. The highest BCUT2D eigenvalue weighted by Gasteiger charge is 2.15. The first-order chi connectivity index (χ1) is 4.84. The van der Waals surface area contributed by atoms with Crippen molar-refractivity contribution in [2.75, 3.05) is 20.4 Å². The van der Waals surface area contributed by atoms with Gasteiger partial charge in [0.25, 0.3) is 0 Å². The lowest BCUT2D eigenvalue weighted by molar-refractivity contribution is -0.195. The van der Waals surface area contributed by atoms with Crippen LogP contribution in [-0.4, -0.2) is 31.4 Å². The average molecular weight is 145 g/mol. The summed E-state index contributed by atoms with van der Waals surface area (Å²) in [7, 11) is 1.46. The van der Waals surface area contributed by atoms with Crippen LogP contribution in [0, 0.1) is 0 Å². The molecule has 0 aromatic carbocycles. The van der Waals surface area contributed by atoms with Crippen molar-refractivity contribution in [3.63, 3.8) is 0 Å². The fourth-order valence-corrected chi connectivity index (χ4v) is 0.824. The fraction of sp³-hybridized carbons (Fsp3) is 0.833. The molecule has 1 aliphatic rings. The number of rotatable bonds is 1. The minimum Gasteiger partial charge on any atom is -0.359 e. The molecule has 0 saturated carbocycles. The van der Waals surface area contributed by atoms with Crippen LogP contribution < -0.4 is 0 Å². The van der Waals surface area contributed by atoms with Crippen molar-refractivity contribution in [3.05, 3.63) is 0 Å². The smallest absolute Gasteiger partial charge is 0.248 e. The highest BCUT2D eigenvalue weighted by atomic mass is 16.7. The fourth-order valence-electron chi connectivity index (χ4n) is 0.824. The van der Waals surface area contributed by atoms with Crippen LogP contribution >= 0.6 is 0 Å². The number of ether oxygens (including phenoxy) is 1. The lowest BCUT2D eigenvalue weighted by Gasteiger charge is -2.15. The number of nitrogens with zero attached hydrogens (tertiary/aromatic N) is 1. The van der Waals surface area contributed by atoms with Crippen molar-refractivity contribution in [1.82, 2.24) is 5.06 Å². The molecule has 0 atom stereocenters. The van der Waals surface area contributed by atoms with Crippen LogP contribution in [0.5, 0.6) is 0 Å². The van der Waals surface area contributed by atoms with Crippen LogP contribution in [0.4, 0.5) is 0 Å². The molecule has 4 heteroatoms. The highest BCUT2D eigenvalue weighted by molar-refractivity contribution is 5.75. The number of hydroxylamine groups is 2. The Kier molecular flexibility index (Phi) is 2.65. The maximum atomic E-state index is 11.0. The molecule has 0 N–H and O–H groups in total. The van der Waals surface area contributed by atoms with Gasteiger partial charge < -0.3 is 4.74 Å². The number of hydrogen-bond donors (Lipinski definition) is 0. The van der Waals surface area contributed by atoms with Gasteiger partial charge in [-0.1, -0.05) is 0 Å². The second kappa shape index (κ2) is 3.53. The molecule has 1 rings (SSSR count). The van der Waals surface area contributed by atoms with Crippen LogP contribution in [0.25, 0.3) is 0 Å². The second-order valence-corrected chi connectivity index (χ2v) is 2.10. The van der Waals surface area contributed by atoms with E-state index in [1.807, 2.05) is 0 Å². The molecule has 1 fully saturated rings. The second-order valence-electron chi connectivity index (χ2n) is 2.10. The largest absolute Gasteiger partial charge is 0.359 e. The maximum absolute atomic E-state index is 11.0. The molecule has 4 nitrogen and oxygen atoms in total. The van der Waals surface area contributed by atoms with Crippen LogP contribution in [0.2, 0.25) is 0 Å². The van der Waals surface area contributed by atoms with E-state index in [0.29, 0.717) is 13.0 Å². The zero-order valence-electron chi connectivity index (χ0n) is 6.00. The topological polar surface area (TPSA) is 38.8 Å². The highest BCUT2D eigenvalue weighted by Crippen LogP contribution is 2.03. The number of carbonyl (C=O) groups excluding carboxylic acids is 1. The third-order valence-corrected chi connectivity index (χ3v) is 1.39. The van der Waals surface area contributed by atoms with Gasteiger partial charge in [-0.05, 0) is 6.42 Å². The Hall–Kier alpha value is -0.610. The number of amides is 1. The zero-order valence-corrected chi connectivity index (χ0v) is 6.00. The third-order valence-electron chi connectivity index (χ3n) is 1.39. The van der Waals surface area contributed by atoms with Gasteiger partial charge in [-0.25, -0.2) is 0 Å². The molecule has 0 aromatic heterocycles. The Bertz CT molecular complexity index is 126. The van der Waals surface area contributed by atoms with Gasteiger partial charge in [0.05, 0.1) is 7.11 Å². The summed E-state index contributed by atoms with van der Waals surface area (Å²) in [5.41, 5.74) is 0. The molecule has 1 saturated heterocycles. The Morgan fingerprint density at radius 1 is 1.70 bits per heavy atom. The Morgan fingerprint density at radius 3 is 3.20 bits per heavy atom. The molecule has 0 bridgehead atoms. The van der Waals surface area contributed by atoms with Gasteiger partial charge in [-0.3, -0.25) is 9.63 Å². The van der Waals surface area contributed by atoms with Gasteiger partial charge in [0.15, 0.2) is 0 Å². The van der Waals surface area contributed by atoms with E-state index in [2.05, 4.69) is 0 Å². The van der Waals surface area contributed by atoms with Crippen LogP contribution in [0.15, 0.2) is 0 Å². The Labute approximate surface area is 59.7 Å². The summed E-state index contributed by atoms with van der Waals surface area (Å²) in [5.74, 6) is 0.000000000000000222. The van der Waals surface area contributed by atoms with E-state index < -0.39 is 0 Å². The molecule has 0 aromatic rings. The predicted molar refractivity (Wildman–Crippen MR) is 33.9 cm³/mol. The molecule has 0 spiro atoms. The van der Waals surface area contributed by atoms with Gasteiger partial charge in [0, 0.05) is 13.0 Å². The van der Waals surface area contributed by atoms with Crippen LogP contribution in [0.3, 0.4) is 0 Å². The molecule has 0 radical (unpaired) electrons. The molecular weight excluding hydrogens is 134 g/mol. The minimum atomic E-state index is 0.000000000000000222. The van der Waals surface area contributed by atoms with Crippen LogP contribution in [-0.2, 0) is 14.4 Å². The van der Waals surface area contributed by atoms with Gasteiger partial charge >= 0.3 is 0 Å². The predicted octanol–water partition coefficient (Wildman–Crippen LogP) is 0.144. The lowest BCUT2D eigenvalue weighted by Crippen LogP contribution is -2.29. The summed E-state index contributed by atoms with van der Waals surface area (Å²) >= 11 is 0. The number of carbonyl (C=O) groups is 1. The van der Waals surface area contributed by atoms with E-state index in [1.165, 1.54) is 12.2 Å². The van der Waals surface area contributed by atoms with E-state index >= 15 is 0 Å². The van der Waals surface area contributed by atoms with E-state index in [9.17, 15) is 4.79 Å². The first-order valence-corrected chi connectivity index (χ1v) is 3.27. The maximum Gasteiger partial charge on any atom is 0.248 e. The summed E-state index contributed by atoms with van der Waals surface area (Å²) in [6.45, 7) is 0.904. The molecular formula is C6H11NO3. The van der Waals surface area contributed by atoms with Gasteiger partial charge in [-0.2, -0.15) is 5.06 Å². The third kappa shape index (κ3) is 1.68. The van der Waals surface area contributed by atoms with Crippen molar-refractivity contribution in [2.45, 2.75) is 12.8 Å². The Balaban J connectivity index is 2.43. The van der Waals surface area contributed by atoms with Crippen LogP contribution in [0.1, 0.15) is 12.8 Å². The molecule has 10 heavy (non-hydrogen) atoms. The van der Waals surface area contributed by atoms with Gasteiger partial charge in [0.2, 0.25) is 5.91 Å². The summed E-state index contributed by atoms with van der Waals surface area (Å²) in [6.07, 6.45) is 1.31. The van der Waals surface area contributed by atoms with Crippen molar-refractivity contribution >= 4 is 5.91 Å². The Morgan fingerprint density at radius 2 is 2.50 bits per heavy atom. The normalized spacial score (nSPS) is 20.9. The molecule has 1 amide bonds. The first kappa shape index (κ1) is 7.50. The quantitative estimate of drug-likeness (QED) is 0.527. The minimum absolute atomic E-state index is 0.000000000000000222.